The lowest BCUT2D eigenvalue weighted by Gasteiger charge is -2.10. The van der Waals surface area contributed by atoms with Gasteiger partial charge in [0.15, 0.2) is 0 Å². The van der Waals surface area contributed by atoms with E-state index in [1.54, 1.807) is 60.5 Å². The van der Waals surface area contributed by atoms with Crippen molar-refractivity contribution >= 4 is 5.97 Å². The van der Waals surface area contributed by atoms with E-state index in [1.807, 2.05) is 6.07 Å². The number of nitrogens with zero attached hydrogens (tertiary/aromatic N) is 3. The lowest BCUT2D eigenvalue weighted by Crippen LogP contribution is -2.26. The van der Waals surface area contributed by atoms with Crippen LogP contribution in [0.4, 0.5) is 0 Å². The van der Waals surface area contributed by atoms with E-state index in [1.165, 1.54) is 4.57 Å². The van der Waals surface area contributed by atoms with Gasteiger partial charge in [-0.25, -0.2) is 9.48 Å². The zero-order valence-corrected chi connectivity index (χ0v) is 11.8. The molecule has 6 heteroatoms. The summed E-state index contributed by atoms with van der Waals surface area (Å²) in [6, 6.07) is 10.6. The van der Waals surface area contributed by atoms with Crippen LogP contribution in [-0.4, -0.2) is 25.4 Å². The molecule has 0 bridgehead atoms. The summed E-state index contributed by atoms with van der Waals surface area (Å²) in [5.74, 6) is -1.22. The van der Waals surface area contributed by atoms with Gasteiger partial charge in [0.2, 0.25) is 0 Å². The molecule has 22 heavy (non-hydrogen) atoms. The molecule has 0 fully saturated rings. The fraction of sp³-hybridized carbons (Fsp3) is 0.0625. The fourth-order valence-electron chi connectivity index (χ4n) is 2.30. The molecule has 0 amide bonds. The molecule has 2 heterocycles. The molecule has 2 aromatic heterocycles. The van der Waals surface area contributed by atoms with Gasteiger partial charge < -0.3 is 5.11 Å². The van der Waals surface area contributed by atoms with Gasteiger partial charge in [-0.1, -0.05) is 6.07 Å². The van der Waals surface area contributed by atoms with Gasteiger partial charge in [0.05, 0.1) is 11.4 Å². The van der Waals surface area contributed by atoms with Crippen LogP contribution in [0.5, 0.6) is 0 Å². The van der Waals surface area contributed by atoms with Gasteiger partial charge in [0.1, 0.15) is 5.56 Å². The number of carboxylic acid groups (broad SMARTS) is 1. The zero-order chi connectivity index (χ0) is 15.7. The van der Waals surface area contributed by atoms with Crippen LogP contribution in [0, 0.1) is 6.92 Å². The molecule has 3 rings (SSSR count). The number of rotatable bonds is 3. The van der Waals surface area contributed by atoms with Crippen LogP contribution in [0.25, 0.3) is 11.4 Å². The first-order chi connectivity index (χ1) is 10.6. The Bertz CT molecular complexity index is 895. The number of aromatic nitrogens is 3. The molecule has 0 saturated carbocycles. The van der Waals surface area contributed by atoms with E-state index >= 15 is 0 Å². The highest BCUT2D eigenvalue weighted by Crippen LogP contribution is 2.13. The molecule has 1 N–H and O–H groups in total. The SMILES string of the molecule is Cc1ccn(-c2cccc(-n3cccn3)c2)c(=O)c1C(=O)O. The van der Waals surface area contributed by atoms with Crippen molar-refractivity contribution in [2.24, 2.45) is 0 Å². The zero-order valence-electron chi connectivity index (χ0n) is 11.8. The summed E-state index contributed by atoms with van der Waals surface area (Å²) in [7, 11) is 0. The lowest BCUT2D eigenvalue weighted by molar-refractivity contribution is 0.0694. The Morgan fingerprint density at radius 1 is 1.14 bits per heavy atom. The van der Waals surface area contributed by atoms with Gasteiger partial charge in [0.25, 0.3) is 5.56 Å². The van der Waals surface area contributed by atoms with Crippen molar-refractivity contribution in [2.75, 3.05) is 0 Å². The minimum atomic E-state index is -1.22. The Balaban J connectivity index is 2.17. The molecule has 110 valence electrons. The van der Waals surface area contributed by atoms with Gasteiger partial charge in [-0.15, -0.1) is 0 Å². The highest BCUT2D eigenvalue weighted by Gasteiger charge is 2.15. The maximum Gasteiger partial charge on any atom is 0.341 e. The highest BCUT2D eigenvalue weighted by molar-refractivity contribution is 5.88. The first-order valence-corrected chi connectivity index (χ1v) is 6.64. The van der Waals surface area contributed by atoms with Crippen molar-refractivity contribution in [1.29, 1.82) is 0 Å². The van der Waals surface area contributed by atoms with E-state index in [9.17, 15) is 14.7 Å². The van der Waals surface area contributed by atoms with Gasteiger partial charge in [-0.05, 0) is 42.8 Å². The Labute approximate surface area is 125 Å². The third kappa shape index (κ3) is 2.31. The maximum atomic E-state index is 12.4. The topological polar surface area (TPSA) is 77.1 Å². The second-order valence-corrected chi connectivity index (χ2v) is 4.82. The quantitative estimate of drug-likeness (QED) is 0.802. The number of carbonyl (C=O) groups is 1. The number of hydrogen-bond donors (Lipinski definition) is 1. The molecule has 0 unspecified atom stereocenters. The summed E-state index contributed by atoms with van der Waals surface area (Å²) in [5.41, 5.74) is 1.04. The fourth-order valence-corrected chi connectivity index (χ4v) is 2.30. The number of hydrogen-bond acceptors (Lipinski definition) is 3. The van der Waals surface area contributed by atoms with Crippen molar-refractivity contribution in [3.63, 3.8) is 0 Å². The molecule has 6 nitrogen and oxygen atoms in total. The molecule has 0 radical (unpaired) electrons. The minimum absolute atomic E-state index is 0.216. The molecule has 0 spiro atoms. The number of pyridine rings is 1. The Kier molecular flexibility index (Phi) is 3.34. The van der Waals surface area contributed by atoms with E-state index in [0.717, 1.165) is 5.69 Å². The third-order valence-corrected chi connectivity index (χ3v) is 3.39. The number of carboxylic acids is 1. The van der Waals surface area contributed by atoms with Gasteiger partial charge in [0, 0.05) is 18.6 Å². The molecular formula is C16H13N3O3. The van der Waals surface area contributed by atoms with Crippen molar-refractivity contribution in [1.82, 2.24) is 14.3 Å². The van der Waals surface area contributed by atoms with Crippen LogP contribution in [0.2, 0.25) is 0 Å². The predicted molar refractivity (Wildman–Crippen MR) is 80.9 cm³/mol. The standard InChI is InChI=1S/C16H13N3O3/c1-11-6-9-18(15(20)14(11)16(21)22)12-4-2-5-13(10-12)19-8-3-7-17-19/h2-10H,1H3,(H,21,22). The predicted octanol–water partition coefficient (Wildman–Crippen LogP) is 2.03. The van der Waals surface area contributed by atoms with E-state index in [2.05, 4.69) is 5.10 Å². The number of benzene rings is 1. The largest absolute Gasteiger partial charge is 0.477 e. The van der Waals surface area contributed by atoms with Gasteiger partial charge in [-0.3, -0.25) is 9.36 Å². The van der Waals surface area contributed by atoms with Crippen molar-refractivity contribution in [3.05, 3.63) is 76.5 Å². The molecule has 0 aliphatic heterocycles. The summed E-state index contributed by atoms with van der Waals surface area (Å²) in [4.78, 5) is 23.6. The monoisotopic (exact) mass is 295 g/mol. The van der Waals surface area contributed by atoms with Gasteiger partial charge >= 0.3 is 5.97 Å². The van der Waals surface area contributed by atoms with Crippen molar-refractivity contribution in [3.8, 4) is 11.4 Å². The number of aromatic carboxylic acids is 1. The molecule has 0 aliphatic carbocycles. The van der Waals surface area contributed by atoms with Gasteiger partial charge in [-0.2, -0.15) is 5.10 Å². The summed E-state index contributed by atoms with van der Waals surface area (Å²) in [6.45, 7) is 1.61. The second-order valence-electron chi connectivity index (χ2n) is 4.82. The second kappa shape index (κ2) is 5.33. The smallest absolute Gasteiger partial charge is 0.341 e. The van der Waals surface area contributed by atoms with Crippen LogP contribution in [0.1, 0.15) is 15.9 Å². The highest BCUT2D eigenvalue weighted by atomic mass is 16.4. The van der Waals surface area contributed by atoms with Crippen LogP contribution >= 0.6 is 0 Å². The Hall–Kier alpha value is -3.15. The number of aryl methyl sites for hydroxylation is 1. The first-order valence-electron chi connectivity index (χ1n) is 6.64. The maximum absolute atomic E-state index is 12.4. The molecule has 0 saturated heterocycles. The summed E-state index contributed by atoms with van der Waals surface area (Å²) in [5, 5.41) is 13.3. The van der Waals surface area contributed by atoms with Crippen LogP contribution in [0.3, 0.4) is 0 Å². The Morgan fingerprint density at radius 2 is 1.91 bits per heavy atom. The van der Waals surface area contributed by atoms with Crippen LogP contribution in [-0.2, 0) is 0 Å². The Morgan fingerprint density at radius 3 is 2.59 bits per heavy atom. The van der Waals surface area contributed by atoms with Crippen LogP contribution < -0.4 is 5.56 Å². The normalized spacial score (nSPS) is 10.6. The van der Waals surface area contributed by atoms with Crippen molar-refractivity contribution in [2.45, 2.75) is 6.92 Å². The molecule has 3 aromatic rings. The van der Waals surface area contributed by atoms with E-state index in [-0.39, 0.29) is 5.56 Å². The molecule has 1 aromatic carbocycles. The van der Waals surface area contributed by atoms with Crippen LogP contribution in [0.15, 0.2) is 59.8 Å². The third-order valence-electron chi connectivity index (χ3n) is 3.39. The van der Waals surface area contributed by atoms with Crippen molar-refractivity contribution < 1.29 is 9.90 Å². The van der Waals surface area contributed by atoms with E-state index < -0.39 is 11.5 Å². The summed E-state index contributed by atoms with van der Waals surface area (Å²) < 4.78 is 2.99. The molecule has 0 atom stereocenters. The molecule has 0 aliphatic rings. The van der Waals surface area contributed by atoms with E-state index in [4.69, 9.17) is 0 Å². The summed E-state index contributed by atoms with van der Waals surface area (Å²) >= 11 is 0. The summed E-state index contributed by atoms with van der Waals surface area (Å²) in [6.07, 6.45) is 5.03. The minimum Gasteiger partial charge on any atom is -0.477 e. The van der Waals surface area contributed by atoms with E-state index in [0.29, 0.717) is 11.3 Å². The average molecular weight is 295 g/mol. The lowest BCUT2D eigenvalue weighted by atomic mass is 10.1. The first kappa shape index (κ1) is 13.8. The molecular weight excluding hydrogens is 282 g/mol. The average Bonchev–Trinajstić information content (AvgIpc) is 3.01.